The molecule has 1 aliphatic heterocycles. The van der Waals surface area contributed by atoms with E-state index in [9.17, 15) is 9.46 Å². The molecular formula is C24H33O3P. The summed E-state index contributed by atoms with van der Waals surface area (Å²) in [6.45, 7) is 6.53. The van der Waals surface area contributed by atoms with Crippen LogP contribution in [0.1, 0.15) is 76.0 Å². The first-order chi connectivity index (χ1) is 13.5. The fourth-order valence-corrected chi connectivity index (χ4v) is 5.28. The smallest absolute Gasteiger partial charge is 0.408 e. The van der Waals surface area contributed by atoms with Gasteiger partial charge < -0.3 is 9.42 Å². The summed E-state index contributed by atoms with van der Waals surface area (Å²) in [6.07, 6.45) is 9.45. The van der Waals surface area contributed by atoms with Gasteiger partial charge in [-0.2, -0.15) is 0 Å². The zero-order valence-corrected chi connectivity index (χ0v) is 18.4. The van der Waals surface area contributed by atoms with E-state index in [1.807, 2.05) is 12.1 Å². The fourth-order valence-electron chi connectivity index (χ4n) is 3.89. The molecule has 0 spiro atoms. The van der Waals surface area contributed by atoms with Crippen LogP contribution < -0.4 is 9.83 Å². The predicted molar refractivity (Wildman–Crippen MR) is 118 cm³/mol. The molecule has 0 aliphatic carbocycles. The standard InChI is InChI=1S/C24H33O3P/c1-4-7-10-18-13-14-21-22-16-19(11-8-5-2)15-20(12-9-6-3)24(22)27-28(25,26)23(21)17-18/h13-17H,4-12H2,1-3H3,(H,25,26). The summed E-state index contributed by atoms with van der Waals surface area (Å²) < 4.78 is 18.9. The van der Waals surface area contributed by atoms with Gasteiger partial charge >= 0.3 is 7.60 Å². The highest BCUT2D eigenvalue weighted by Gasteiger charge is 2.36. The minimum Gasteiger partial charge on any atom is -0.420 e. The highest BCUT2D eigenvalue weighted by molar-refractivity contribution is 7.62. The van der Waals surface area contributed by atoms with Crippen molar-refractivity contribution in [3.63, 3.8) is 0 Å². The van der Waals surface area contributed by atoms with Crippen LogP contribution in [0.25, 0.3) is 11.1 Å². The van der Waals surface area contributed by atoms with Crippen LogP contribution in [0.5, 0.6) is 5.75 Å². The molecule has 0 bridgehead atoms. The van der Waals surface area contributed by atoms with Crippen LogP contribution in [0.4, 0.5) is 0 Å². The lowest BCUT2D eigenvalue weighted by molar-refractivity contribution is 0.390. The first kappa shape index (κ1) is 21.1. The van der Waals surface area contributed by atoms with Gasteiger partial charge in [-0.3, -0.25) is 0 Å². The average molecular weight is 400 g/mol. The molecule has 0 saturated carbocycles. The van der Waals surface area contributed by atoms with Crippen molar-refractivity contribution in [1.82, 2.24) is 0 Å². The Morgan fingerprint density at radius 3 is 2.14 bits per heavy atom. The summed E-state index contributed by atoms with van der Waals surface area (Å²) in [5.41, 5.74) is 5.32. The molecule has 2 aromatic rings. The van der Waals surface area contributed by atoms with E-state index in [4.69, 9.17) is 4.52 Å². The average Bonchev–Trinajstić information content (AvgIpc) is 2.69. The van der Waals surface area contributed by atoms with Crippen molar-refractivity contribution in [1.29, 1.82) is 0 Å². The molecule has 1 N–H and O–H groups in total. The SMILES string of the molecule is CCCCc1cc(CCCC)c2c(c1)-c1ccc(CCCC)cc1P(=O)(O)O2. The van der Waals surface area contributed by atoms with Crippen molar-refractivity contribution >= 4 is 12.9 Å². The monoisotopic (exact) mass is 400 g/mol. The van der Waals surface area contributed by atoms with Gasteiger partial charge in [0.15, 0.2) is 0 Å². The van der Waals surface area contributed by atoms with Crippen LogP contribution in [0, 0.1) is 0 Å². The Balaban J connectivity index is 2.11. The summed E-state index contributed by atoms with van der Waals surface area (Å²) >= 11 is 0. The molecule has 0 fully saturated rings. The lowest BCUT2D eigenvalue weighted by Crippen LogP contribution is -2.19. The number of hydrogen-bond donors (Lipinski definition) is 1. The van der Waals surface area contributed by atoms with Gasteiger partial charge in [0.1, 0.15) is 5.75 Å². The maximum absolute atomic E-state index is 13.1. The second kappa shape index (κ2) is 9.29. The second-order valence-electron chi connectivity index (χ2n) is 7.91. The third-order valence-electron chi connectivity index (χ3n) is 5.54. The summed E-state index contributed by atoms with van der Waals surface area (Å²) in [4.78, 5) is 10.7. The maximum Gasteiger partial charge on any atom is 0.408 e. The Bertz CT molecular complexity index is 872. The molecule has 28 heavy (non-hydrogen) atoms. The van der Waals surface area contributed by atoms with Gasteiger partial charge in [-0.05, 0) is 67.3 Å². The molecule has 2 aromatic carbocycles. The highest BCUT2D eigenvalue weighted by Crippen LogP contribution is 2.53. The number of unbranched alkanes of at least 4 members (excludes halogenated alkanes) is 3. The van der Waals surface area contributed by atoms with E-state index in [0.717, 1.165) is 80.0 Å². The maximum atomic E-state index is 13.1. The summed E-state index contributed by atoms with van der Waals surface area (Å²) in [5.74, 6) is 0.619. The number of hydrogen-bond acceptors (Lipinski definition) is 2. The zero-order chi connectivity index (χ0) is 20.1. The zero-order valence-electron chi connectivity index (χ0n) is 17.5. The molecule has 4 heteroatoms. The van der Waals surface area contributed by atoms with Crippen LogP contribution in [0.2, 0.25) is 0 Å². The van der Waals surface area contributed by atoms with Crippen LogP contribution in [0.15, 0.2) is 30.3 Å². The van der Waals surface area contributed by atoms with E-state index in [-0.39, 0.29) is 0 Å². The molecule has 1 unspecified atom stereocenters. The molecule has 3 nitrogen and oxygen atoms in total. The molecular weight excluding hydrogens is 367 g/mol. The van der Waals surface area contributed by atoms with E-state index in [1.165, 1.54) is 5.56 Å². The molecule has 3 rings (SSSR count). The van der Waals surface area contributed by atoms with Crippen LogP contribution in [0.3, 0.4) is 0 Å². The first-order valence-electron chi connectivity index (χ1n) is 10.8. The van der Waals surface area contributed by atoms with Crippen molar-refractivity contribution in [2.24, 2.45) is 0 Å². The molecule has 1 atom stereocenters. The largest absolute Gasteiger partial charge is 0.420 e. The molecule has 0 amide bonds. The lowest BCUT2D eigenvalue weighted by Gasteiger charge is -2.28. The minimum absolute atomic E-state index is 0.461. The first-order valence-corrected chi connectivity index (χ1v) is 12.4. The topological polar surface area (TPSA) is 46.5 Å². The van der Waals surface area contributed by atoms with Gasteiger partial charge in [0.05, 0.1) is 5.30 Å². The minimum atomic E-state index is -3.86. The lowest BCUT2D eigenvalue weighted by atomic mass is 9.93. The van der Waals surface area contributed by atoms with Gasteiger partial charge in [-0.15, -0.1) is 0 Å². The van der Waals surface area contributed by atoms with E-state index >= 15 is 0 Å². The van der Waals surface area contributed by atoms with E-state index < -0.39 is 7.60 Å². The summed E-state index contributed by atoms with van der Waals surface area (Å²) in [7, 11) is -3.86. The number of rotatable bonds is 9. The summed E-state index contributed by atoms with van der Waals surface area (Å²) in [6, 6.07) is 10.4. The Morgan fingerprint density at radius 1 is 0.821 bits per heavy atom. The van der Waals surface area contributed by atoms with Gasteiger partial charge in [0.25, 0.3) is 0 Å². The number of benzene rings is 2. The molecule has 0 aromatic heterocycles. The molecule has 152 valence electrons. The molecule has 0 saturated heterocycles. The fraction of sp³-hybridized carbons (Fsp3) is 0.500. The van der Waals surface area contributed by atoms with Crippen molar-refractivity contribution < 1.29 is 14.0 Å². The Labute approximate surface area is 169 Å². The Morgan fingerprint density at radius 2 is 1.46 bits per heavy atom. The summed E-state index contributed by atoms with van der Waals surface area (Å²) in [5, 5.41) is 0.461. The van der Waals surface area contributed by atoms with E-state index in [0.29, 0.717) is 11.1 Å². The van der Waals surface area contributed by atoms with E-state index in [1.54, 1.807) is 0 Å². The Kier molecular flexibility index (Phi) is 7.01. The van der Waals surface area contributed by atoms with Crippen LogP contribution in [-0.4, -0.2) is 4.89 Å². The van der Waals surface area contributed by atoms with E-state index in [2.05, 4.69) is 39.0 Å². The molecule has 1 aliphatic rings. The van der Waals surface area contributed by atoms with Gasteiger partial charge in [-0.25, -0.2) is 4.57 Å². The van der Waals surface area contributed by atoms with Gasteiger partial charge in [-0.1, -0.05) is 58.2 Å². The molecule has 1 heterocycles. The number of fused-ring (bicyclic) bond motifs is 3. The predicted octanol–water partition coefficient (Wildman–Crippen LogP) is 6.58. The van der Waals surface area contributed by atoms with Gasteiger partial charge in [0, 0.05) is 11.1 Å². The van der Waals surface area contributed by atoms with Crippen molar-refractivity contribution in [3.05, 3.63) is 47.0 Å². The second-order valence-corrected chi connectivity index (χ2v) is 9.61. The van der Waals surface area contributed by atoms with Crippen molar-refractivity contribution in [3.8, 4) is 16.9 Å². The van der Waals surface area contributed by atoms with Crippen molar-refractivity contribution in [2.75, 3.05) is 0 Å². The third-order valence-corrected chi connectivity index (χ3v) is 6.94. The molecule has 0 radical (unpaired) electrons. The van der Waals surface area contributed by atoms with Crippen molar-refractivity contribution in [2.45, 2.75) is 78.6 Å². The quantitative estimate of drug-likeness (QED) is 0.483. The van der Waals surface area contributed by atoms with Gasteiger partial charge in [0.2, 0.25) is 0 Å². The highest BCUT2D eigenvalue weighted by atomic mass is 31.2. The normalized spacial score (nSPS) is 17.7. The third kappa shape index (κ3) is 4.53. The number of aryl methyl sites for hydroxylation is 3. The van der Waals surface area contributed by atoms with Crippen LogP contribution >= 0.6 is 7.60 Å². The van der Waals surface area contributed by atoms with Crippen LogP contribution in [-0.2, 0) is 23.8 Å². The Hall–Kier alpha value is -1.57.